The van der Waals surface area contributed by atoms with Gasteiger partial charge in [0.2, 0.25) is 10.0 Å². The molecule has 9 heteroatoms. The Bertz CT molecular complexity index is 715. The fraction of sp³-hybridized carbons (Fsp3) is 0.467. The third-order valence-electron chi connectivity index (χ3n) is 3.06. The van der Waals surface area contributed by atoms with E-state index in [4.69, 9.17) is 14.6 Å². The van der Waals surface area contributed by atoms with Gasteiger partial charge in [0.1, 0.15) is 11.3 Å². The number of nitrogens with two attached hydrogens (primary N) is 1. The van der Waals surface area contributed by atoms with Gasteiger partial charge in [0.25, 0.3) is 5.91 Å². The molecule has 0 radical (unpaired) electrons. The van der Waals surface area contributed by atoms with Gasteiger partial charge < -0.3 is 14.8 Å². The molecule has 1 aromatic rings. The molecule has 0 aliphatic rings. The van der Waals surface area contributed by atoms with Gasteiger partial charge in [-0.3, -0.25) is 4.79 Å². The van der Waals surface area contributed by atoms with Crippen LogP contribution < -0.4 is 15.2 Å². The van der Waals surface area contributed by atoms with E-state index in [0.717, 1.165) is 6.07 Å². The molecule has 1 aromatic carbocycles. The monoisotopic (exact) mass is 358 g/mol. The summed E-state index contributed by atoms with van der Waals surface area (Å²) in [6.07, 6.45) is -1.04. The van der Waals surface area contributed by atoms with Crippen molar-refractivity contribution < 1.29 is 27.5 Å². The summed E-state index contributed by atoms with van der Waals surface area (Å²) in [7, 11) is -2.67. The van der Waals surface area contributed by atoms with Crippen LogP contribution in [0.3, 0.4) is 0 Å². The standard InChI is InChI=1S/C15H22N2O6S/c1-9(2)8-17-14(18)10(3)23-15(19)12-7-11(24(16,20)21)5-6-13(12)22-4/h5-7,9-10H,8H2,1-4H3,(H,17,18)(H2,16,20,21)/t10-/m0/s1. The lowest BCUT2D eigenvalue weighted by molar-refractivity contribution is -0.129. The van der Waals surface area contributed by atoms with Crippen molar-refractivity contribution in [2.75, 3.05) is 13.7 Å². The minimum absolute atomic E-state index is 0.113. The molecule has 3 N–H and O–H groups in total. The number of amides is 1. The van der Waals surface area contributed by atoms with E-state index in [2.05, 4.69) is 5.32 Å². The summed E-state index contributed by atoms with van der Waals surface area (Å²) >= 11 is 0. The van der Waals surface area contributed by atoms with Crippen molar-refractivity contribution in [3.63, 3.8) is 0 Å². The second kappa shape index (κ2) is 8.11. The maximum atomic E-state index is 12.2. The Morgan fingerprint density at radius 1 is 1.25 bits per heavy atom. The molecule has 1 rings (SSSR count). The Labute approximate surface area is 141 Å². The summed E-state index contributed by atoms with van der Waals surface area (Å²) < 4.78 is 32.9. The van der Waals surface area contributed by atoms with Crippen molar-refractivity contribution >= 4 is 21.9 Å². The molecule has 24 heavy (non-hydrogen) atoms. The second-order valence-corrected chi connectivity index (χ2v) is 7.16. The summed E-state index contributed by atoms with van der Waals surface area (Å²) in [5.41, 5.74) is -0.132. The zero-order valence-corrected chi connectivity index (χ0v) is 14.8. The Morgan fingerprint density at radius 2 is 1.88 bits per heavy atom. The van der Waals surface area contributed by atoms with E-state index in [1.54, 1.807) is 0 Å². The van der Waals surface area contributed by atoms with Gasteiger partial charge in [0, 0.05) is 6.54 Å². The molecule has 0 saturated heterocycles. The second-order valence-electron chi connectivity index (χ2n) is 5.59. The molecule has 0 aliphatic carbocycles. The van der Waals surface area contributed by atoms with Crippen molar-refractivity contribution in [3.05, 3.63) is 23.8 Å². The van der Waals surface area contributed by atoms with Crippen molar-refractivity contribution in [2.24, 2.45) is 11.1 Å². The summed E-state index contributed by atoms with van der Waals surface area (Å²) in [6.45, 7) is 5.73. The summed E-state index contributed by atoms with van der Waals surface area (Å²) in [5.74, 6) is -0.964. The Balaban J connectivity index is 2.96. The van der Waals surface area contributed by atoms with Gasteiger partial charge in [0.15, 0.2) is 6.10 Å². The first-order valence-corrected chi connectivity index (χ1v) is 8.80. The Kier molecular flexibility index (Phi) is 6.73. The van der Waals surface area contributed by atoms with Crippen LogP contribution >= 0.6 is 0 Å². The van der Waals surface area contributed by atoms with Gasteiger partial charge in [-0.05, 0) is 31.0 Å². The lowest BCUT2D eigenvalue weighted by Gasteiger charge is -2.16. The summed E-state index contributed by atoms with van der Waals surface area (Å²) in [4.78, 5) is 23.8. The maximum absolute atomic E-state index is 12.2. The van der Waals surface area contributed by atoms with Crippen LogP contribution in [-0.4, -0.2) is 40.1 Å². The smallest absolute Gasteiger partial charge is 0.342 e. The van der Waals surface area contributed by atoms with Gasteiger partial charge in [-0.2, -0.15) is 0 Å². The molecule has 134 valence electrons. The van der Waals surface area contributed by atoms with E-state index in [-0.39, 0.29) is 22.1 Å². The van der Waals surface area contributed by atoms with Gasteiger partial charge >= 0.3 is 5.97 Å². The third kappa shape index (κ3) is 5.50. The van der Waals surface area contributed by atoms with Crippen molar-refractivity contribution in [1.29, 1.82) is 0 Å². The van der Waals surface area contributed by atoms with Crippen molar-refractivity contribution in [2.45, 2.75) is 31.8 Å². The lowest BCUT2D eigenvalue weighted by Crippen LogP contribution is -2.37. The van der Waals surface area contributed by atoms with Crippen LogP contribution in [0.25, 0.3) is 0 Å². The largest absolute Gasteiger partial charge is 0.496 e. The van der Waals surface area contributed by atoms with Gasteiger partial charge in [-0.15, -0.1) is 0 Å². The highest BCUT2D eigenvalue weighted by molar-refractivity contribution is 7.89. The number of sulfonamides is 1. The summed E-state index contributed by atoms with van der Waals surface area (Å²) in [5, 5.41) is 7.69. The summed E-state index contributed by atoms with van der Waals surface area (Å²) in [6, 6.07) is 3.55. The normalized spacial score (nSPS) is 12.6. The van der Waals surface area contributed by atoms with Crippen LogP contribution in [0.2, 0.25) is 0 Å². The highest BCUT2D eigenvalue weighted by Gasteiger charge is 2.23. The average molecular weight is 358 g/mol. The number of rotatable bonds is 7. The van der Waals surface area contributed by atoms with Gasteiger partial charge in [0.05, 0.1) is 12.0 Å². The molecule has 0 fully saturated rings. The number of esters is 1. The van der Waals surface area contributed by atoms with E-state index in [1.165, 1.54) is 26.2 Å². The van der Waals surface area contributed by atoms with Crippen LogP contribution in [0, 0.1) is 5.92 Å². The topological polar surface area (TPSA) is 125 Å². The van der Waals surface area contributed by atoms with Gasteiger partial charge in [-0.25, -0.2) is 18.4 Å². The molecule has 0 saturated carbocycles. The highest BCUT2D eigenvalue weighted by atomic mass is 32.2. The lowest BCUT2D eigenvalue weighted by atomic mass is 10.2. The van der Waals surface area contributed by atoms with E-state index in [0.29, 0.717) is 6.54 Å². The van der Waals surface area contributed by atoms with E-state index in [1.807, 2.05) is 13.8 Å². The maximum Gasteiger partial charge on any atom is 0.342 e. The fourth-order valence-corrected chi connectivity index (χ4v) is 2.29. The van der Waals surface area contributed by atoms with Crippen molar-refractivity contribution in [3.8, 4) is 5.75 Å². The quantitative estimate of drug-likeness (QED) is 0.690. The molecular weight excluding hydrogens is 336 g/mol. The van der Waals surface area contributed by atoms with Crippen LogP contribution in [0.15, 0.2) is 23.1 Å². The van der Waals surface area contributed by atoms with E-state index in [9.17, 15) is 18.0 Å². The molecule has 8 nitrogen and oxygen atoms in total. The minimum atomic E-state index is -3.99. The zero-order chi connectivity index (χ0) is 18.5. The predicted molar refractivity (Wildman–Crippen MR) is 87.1 cm³/mol. The molecule has 0 spiro atoms. The average Bonchev–Trinajstić information content (AvgIpc) is 2.50. The molecule has 1 atom stereocenters. The van der Waals surface area contributed by atoms with E-state index >= 15 is 0 Å². The van der Waals surface area contributed by atoms with Crippen LogP contribution in [0.5, 0.6) is 5.75 Å². The molecule has 0 bridgehead atoms. The number of carbonyl (C=O) groups is 2. The Morgan fingerprint density at radius 3 is 2.38 bits per heavy atom. The number of hydrogen-bond acceptors (Lipinski definition) is 6. The molecule has 0 unspecified atom stereocenters. The van der Waals surface area contributed by atoms with Crippen LogP contribution in [-0.2, 0) is 19.6 Å². The van der Waals surface area contributed by atoms with Crippen LogP contribution in [0.4, 0.5) is 0 Å². The number of carbonyl (C=O) groups excluding carboxylic acids is 2. The van der Waals surface area contributed by atoms with Crippen LogP contribution in [0.1, 0.15) is 31.1 Å². The van der Waals surface area contributed by atoms with E-state index < -0.39 is 28.0 Å². The molecule has 0 heterocycles. The molecule has 1 amide bonds. The van der Waals surface area contributed by atoms with Crippen molar-refractivity contribution in [1.82, 2.24) is 5.32 Å². The number of ether oxygens (including phenoxy) is 2. The molecule has 0 aromatic heterocycles. The van der Waals surface area contributed by atoms with Gasteiger partial charge in [-0.1, -0.05) is 13.8 Å². The first-order chi connectivity index (χ1) is 11.1. The number of primary sulfonamides is 1. The first-order valence-electron chi connectivity index (χ1n) is 7.25. The minimum Gasteiger partial charge on any atom is -0.496 e. The SMILES string of the molecule is COc1ccc(S(N)(=O)=O)cc1C(=O)O[C@@H](C)C(=O)NCC(C)C. The zero-order valence-electron chi connectivity index (χ0n) is 14.0. The predicted octanol–water partition coefficient (Wildman–Crippen LogP) is 0.660. The highest BCUT2D eigenvalue weighted by Crippen LogP contribution is 2.23. The molecular formula is C15H22N2O6S. The molecule has 0 aliphatic heterocycles. The Hall–Kier alpha value is -2.13. The number of hydrogen-bond donors (Lipinski definition) is 2. The number of benzene rings is 1. The first kappa shape index (κ1) is 19.9. The number of methoxy groups -OCH3 is 1. The third-order valence-corrected chi connectivity index (χ3v) is 3.97. The fourth-order valence-electron chi connectivity index (χ4n) is 1.75. The number of nitrogens with one attached hydrogen (secondary N) is 1.